The minimum absolute atomic E-state index is 0. The van der Waals surface area contributed by atoms with E-state index in [1.807, 2.05) is 109 Å². The molecule has 6 aromatic heterocycles. The van der Waals surface area contributed by atoms with E-state index in [-0.39, 0.29) is 174 Å². The fraction of sp³-hybridized carbons (Fsp3) is 0.0465. The second-order valence-electron chi connectivity index (χ2n) is 24.1. The molecular weight excluding hydrogens is 1950 g/mol. The van der Waals surface area contributed by atoms with Crippen LogP contribution in [0.5, 0.6) is 0 Å². The molecule has 0 fully saturated rings. The predicted molar refractivity (Wildman–Crippen MR) is 473 cm³/mol. The SMILES string of the molecule is Br.Br.Br.Br.Nc1cc[n+](Cc2ccc(/C=C/c3ccc(C[n+]4ccc(N)c5ccccc54)cc3)cc2)c2ccccc12.Nc1cc[n+](Cc2ccc(/C=C/c3ccc(C[n+]4ccc(N)c5ccccc54)cc3)cc2)c2ccccc12.Nc1ccnc2ccccc12.Nc1ccnc2ccccc12.O.O.O.O.O.O.O.[Br-].[Br-].[Br-].[Br-]. The summed E-state index contributed by atoms with van der Waals surface area (Å²) in [4.78, 5) is 8.32. The summed E-state index contributed by atoms with van der Waals surface area (Å²) in [6.45, 7) is 3.20. The molecule has 0 spiro atoms. The maximum Gasteiger partial charge on any atom is 0.214 e. The smallest absolute Gasteiger partial charge is 0.214 e. The first kappa shape index (κ1) is 108. The fourth-order valence-corrected chi connectivity index (χ4v) is 12.1. The van der Waals surface area contributed by atoms with Crippen LogP contribution in [0.2, 0.25) is 0 Å². The average molecular weight is 2050 g/mol. The molecule has 0 aliphatic rings. The summed E-state index contributed by atoms with van der Waals surface area (Å²) >= 11 is 0. The van der Waals surface area contributed by atoms with Crippen LogP contribution < -0.4 is 121 Å². The molecule has 0 unspecified atom stereocenters. The van der Waals surface area contributed by atoms with E-state index in [2.05, 4.69) is 247 Å². The minimum Gasteiger partial charge on any atom is -1.00 e. The Kier molecular flexibility index (Phi) is 49.5. The van der Waals surface area contributed by atoms with E-state index in [9.17, 15) is 0 Å². The van der Waals surface area contributed by atoms with Gasteiger partial charge in [-0.15, -0.1) is 67.9 Å². The quantitative estimate of drug-likeness (QED) is 0.0723. The Bertz CT molecular complexity index is 4980. The third-order valence-electron chi connectivity index (χ3n) is 17.5. The van der Waals surface area contributed by atoms with Crippen LogP contribution in [0.4, 0.5) is 34.1 Å². The Hall–Kier alpha value is -9.50. The number of anilines is 6. The number of benzene rings is 10. The first-order chi connectivity index (χ1) is 48.0. The van der Waals surface area contributed by atoms with E-state index in [1.165, 1.54) is 44.5 Å². The molecule has 0 bridgehead atoms. The topological polar surface area (TPSA) is 418 Å². The summed E-state index contributed by atoms with van der Waals surface area (Å²) in [7, 11) is 0. The molecule has 27 heteroatoms. The summed E-state index contributed by atoms with van der Waals surface area (Å²) < 4.78 is 8.96. The highest BCUT2D eigenvalue weighted by Gasteiger charge is 2.16. The minimum atomic E-state index is 0. The standard InChI is InChI=1S/2C34H28N4.2C9H8N2.8BrH.7H2O/c2*35-31-19-21-37(33-7-3-1-5-29(31)33)23-27-15-11-25(12-16-27)9-10-26-13-17-28(18-14-26)24-38-22-20-32(36)30-6-2-4-8-34(30)38;2*10-8-5-6-11-9-4-2-1-3-7(8)9;;;;;;;;;;;;;;;/h2*1-22,35-36H,23-24H2;2*1-6H,(H2,10,11);8*1H;7*1H2/b2*10-9+;;;;;;;;;;;;;;;;;. The van der Waals surface area contributed by atoms with Crippen molar-refractivity contribution < 1.29 is 125 Å². The molecular formula is C86H94Br8N12O7. The van der Waals surface area contributed by atoms with Gasteiger partial charge in [0.1, 0.15) is 0 Å². The number of fused-ring (bicyclic) bond motifs is 6. The molecule has 0 aliphatic heterocycles. The summed E-state index contributed by atoms with van der Waals surface area (Å²) in [5.41, 5.74) is 57.1. The molecule has 16 rings (SSSR count). The number of nitrogens with zero attached hydrogens (tertiary/aromatic N) is 6. The van der Waals surface area contributed by atoms with Crippen molar-refractivity contribution in [3.63, 3.8) is 0 Å². The highest BCUT2D eigenvalue weighted by Crippen LogP contribution is 2.24. The molecule has 16 aromatic rings. The van der Waals surface area contributed by atoms with Crippen LogP contribution in [0.3, 0.4) is 0 Å². The zero-order valence-electron chi connectivity index (χ0n) is 61.0. The van der Waals surface area contributed by atoms with Crippen molar-refractivity contribution in [2.75, 3.05) is 34.4 Å². The lowest BCUT2D eigenvalue weighted by Gasteiger charge is -2.05. The molecule has 26 N–H and O–H groups in total. The Balaban J connectivity index is -0.00000152. The number of aromatic nitrogens is 6. The van der Waals surface area contributed by atoms with Gasteiger partial charge in [-0.3, -0.25) is 9.97 Å². The number of halogens is 8. The molecule has 596 valence electrons. The highest BCUT2D eigenvalue weighted by molar-refractivity contribution is 8.93. The van der Waals surface area contributed by atoms with Crippen molar-refractivity contribution in [3.05, 3.63) is 361 Å². The Morgan fingerprint density at radius 2 is 0.407 bits per heavy atom. The molecule has 10 aromatic carbocycles. The molecule has 0 radical (unpaired) electrons. The van der Waals surface area contributed by atoms with Crippen molar-refractivity contribution in [1.82, 2.24) is 9.97 Å². The molecule has 0 aliphatic carbocycles. The largest absolute Gasteiger partial charge is 1.00 e. The Labute approximate surface area is 740 Å². The zero-order valence-corrected chi connectivity index (χ0v) is 74.1. The van der Waals surface area contributed by atoms with E-state index in [4.69, 9.17) is 34.4 Å². The number of nitrogens with two attached hydrogens (primary N) is 6. The number of para-hydroxylation sites is 6. The van der Waals surface area contributed by atoms with Crippen LogP contribution >= 0.6 is 67.9 Å². The van der Waals surface area contributed by atoms with Gasteiger partial charge in [-0.25, -0.2) is 0 Å². The molecule has 0 amide bonds. The van der Waals surface area contributed by atoms with Gasteiger partial charge in [-0.1, -0.05) is 206 Å². The van der Waals surface area contributed by atoms with E-state index in [0.29, 0.717) is 0 Å². The normalized spacial score (nSPS) is 9.70. The number of hydrogen-bond acceptors (Lipinski definition) is 8. The van der Waals surface area contributed by atoms with Crippen LogP contribution in [-0.4, -0.2) is 48.3 Å². The molecule has 113 heavy (non-hydrogen) atoms. The lowest BCUT2D eigenvalue weighted by molar-refractivity contribution is -0.662. The van der Waals surface area contributed by atoms with Gasteiger partial charge in [-0.05, 0) is 70.8 Å². The average Bonchev–Trinajstić information content (AvgIpc) is 0.816. The van der Waals surface area contributed by atoms with E-state index in [0.717, 1.165) is 126 Å². The first-order valence-electron chi connectivity index (χ1n) is 32.6. The van der Waals surface area contributed by atoms with Gasteiger partial charge in [0.15, 0.2) is 51.0 Å². The molecule has 19 nitrogen and oxygen atoms in total. The Morgan fingerprint density at radius 3 is 0.619 bits per heavy atom. The fourth-order valence-electron chi connectivity index (χ4n) is 12.1. The third kappa shape index (κ3) is 27.4. The van der Waals surface area contributed by atoms with Gasteiger partial charge >= 0.3 is 0 Å². The highest BCUT2D eigenvalue weighted by atomic mass is 79.9. The third-order valence-corrected chi connectivity index (χ3v) is 17.5. The molecule has 0 saturated heterocycles. The van der Waals surface area contributed by atoms with Crippen molar-refractivity contribution >= 4 is 192 Å². The molecule has 6 heterocycles. The van der Waals surface area contributed by atoms with Crippen molar-refractivity contribution in [2.45, 2.75) is 26.2 Å². The zero-order chi connectivity index (χ0) is 67.2. The monoisotopic (exact) mass is 2040 g/mol. The second-order valence-corrected chi connectivity index (χ2v) is 24.1. The summed E-state index contributed by atoms with van der Waals surface area (Å²) in [6, 6.07) is 95.1. The maximum atomic E-state index is 6.16. The van der Waals surface area contributed by atoms with Crippen LogP contribution in [0.25, 0.3) is 89.7 Å². The van der Waals surface area contributed by atoms with Crippen LogP contribution in [-0.2, 0) is 26.2 Å². The summed E-state index contributed by atoms with van der Waals surface area (Å²) in [5, 5.41) is 6.38. The van der Waals surface area contributed by atoms with Crippen molar-refractivity contribution in [2.24, 2.45) is 0 Å². The molecule has 0 atom stereocenters. The van der Waals surface area contributed by atoms with Gasteiger partial charge < -0.3 is 141 Å². The van der Waals surface area contributed by atoms with Crippen LogP contribution in [0, 0.1) is 0 Å². The van der Waals surface area contributed by atoms with Crippen LogP contribution in [0.15, 0.2) is 316 Å². The number of hydrogen-bond donors (Lipinski definition) is 6. The van der Waals surface area contributed by atoms with Crippen molar-refractivity contribution in [1.29, 1.82) is 0 Å². The lowest BCUT2D eigenvalue weighted by Crippen LogP contribution is -3.00. The predicted octanol–water partition coefficient (Wildman–Crippen LogP) is 0.188. The number of nitrogen functional groups attached to an aromatic ring is 6. The maximum absolute atomic E-state index is 6.16. The van der Waals surface area contributed by atoms with Crippen LogP contribution in [0.1, 0.15) is 44.5 Å². The summed E-state index contributed by atoms with van der Waals surface area (Å²) in [5.74, 6) is 0. The lowest BCUT2D eigenvalue weighted by atomic mass is 10.1. The van der Waals surface area contributed by atoms with E-state index < -0.39 is 0 Å². The number of rotatable bonds is 12. The van der Waals surface area contributed by atoms with E-state index >= 15 is 0 Å². The van der Waals surface area contributed by atoms with Gasteiger partial charge in [0.05, 0.1) is 55.3 Å². The van der Waals surface area contributed by atoms with Crippen molar-refractivity contribution in [3.8, 4) is 0 Å². The summed E-state index contributed by atoms with van der Waals surface area (Å²) in [6.07, 6.45) is 20.3. The van der Waals surface area contributed by atoms with Gasteiger partial charge in [-0.2, -0.15) is 18.3 Å². The van der Waals surface area contributed by atoms with Gasteiger partial charge in [0.2, 0.25) is 22.1 Å². The first-order valence-corrected chi connectivity index (χ1v) is 32.6. The number of pyridine rings is 6. The van der Waals surface area contributed by atoms with E-state index in [1.54, 1.807) is 12.4 Å². The Morgan fingerprint density at radius 1 is 0.221 bits per heavy atom. The van der Waals surface area contributed by atoms with Gasteiger partial charge in [0.25, 0.3) is 0 Å². The van der Waals surface area contributed by atoms with Gasteiger partial charge in [0, 0.05) is 105 Å². The second kappa shape index (κ2) is 52.0. The molecule has 0 saturated carbocycles.